The largest absolute Gasteiger partial charge is 0.455 e. The first-order valence-corrected chi connectivity index (χ1v) is 16.7. The summed E-state index contributed by atoms with van der Waals surface area (Å²) in [5.41, 5.74) is 12.0. The molecule has 0 radical (unpaired) electrons. The lowest BCUT2D eigenvalue weighted by Crippen LogP contribution is -2.44. The number of furan rings is 1. The topological polar surface area (TPSA) is 49.6 Å². The molecule has 1 aromatic heterocycles. The first-order chi connectivity index (χ1) is 24.3. The van der Waals surface area contributed by atoms with Crippen molar-refractivity contribution in [2.75, 3.05) is 0 Å². The van der Waals surface area contributed by atoms with E-state index in [1.165, 1.54) is 11.1 Å². The molecule has 0 spiro atoms. The van der Waals surface area contributed by atoms with Crippen LogP contribution in [0.15, 0.2) is 185 Å². The van der Waals surface area contributed by atoms with Crippen molar-refractivity contribution in [2.24, 2.45) is 4.99 Å². The molecule has 8 aromatic rings. The van der Waals surface area contributed by atoms with Crippen molar-refractivity contribution in [2.45, 2.75) is 12.3 Å². The van der Waals surface area contributed by atoms with Crippen LogP contribution in [0.1, 0.15) is 29.0 Å². The average Bonchev–Trinajstić information content (AvgIpc) is 3.58. The molecule has 2 atom stereocenters. The minimum Gasteiger partial charge on any atom is -0.455 e. The SMILES string of the molecule is c1ccc(C2=NC(c3cccc(-c4ccccc4)c3)NC(c3cccc(-c4cccc5oc6c(-c7ccccc7)cccc6c45)c3)N2)cc1. The van der Waals surface area contributed by atoms with Crippen LogP contribution in [0.25, 0.3) is 55.3 Å². The highest BCUT2D eigenvalue weighted by Gasteiger charge is 2.26. The maximum atomic E-state index is 6.57. The lowest BCUT2D eigenvalue weighted by molar-refractivity contribution is 0.409. The van der Waals surface area contributed by atoms with Gasteiger partial charge in [0.15, 0.2) is 0 Å². The van der Waals surface area contributed by atoms with Gasteiger partial charge in [-0.3, -0.25) is 5.32 Å². The van der Waals surface area contributed by atoms with Crippen LogP contribution in [0.4, 0.5) is 0 Å². The molecular formula is C45H33N3O. The molecule has 2 unspecified atom stereocenters. The van der Waals surface area contributed by atoms with Crippen LogP contribution in [0.2, 0.25) is 0 Å². The predicted molar refractivity (Wildman–Crippen MR) is 201 cm³/mol. The molecule has 0 fully saturated rings. The number of hydrogen-bond acceptors (Lipinski definition) is 4. The molecule has 1 aliphatic rings. The summed E-state index contributed by atoms with van der Waals surface area (Å²) in [4.78, 5) is 5.20. The molecule has 9 rings (SSSR count). The number of para-hydroxylation sites is 1. The van der Waals surface area contributed by atoms with Crippen molar-refractivity contribution in [3.05, 3.63) is 193 Å². The molecule has 7 aromatic carbocycles. The number of nitrogens with zero attached hydrogens (tertiary/aromatic N) is 1. The number of rotatable bonds is 6. The van der Waals surface area contributed by atoms with E-state index in [9.17, 15) is 0 Å². The summed E-state index contributed by atoms with van der Waals surface area (Å²) in [5.74, 6) is 0.862. The Balaban J connectivity index is 1.12. The number of fused-ring (bicyclic) bond motifs is 3. The summed E-state index contributed by atoms with van der Waals surface area (Å²) in [5, 5.41) is 9.77. The van der Waals surface area contributed by atoms with Crippen LogP contribution >= 0.6 is 0 Å². The van der Waals surface area contributed by atoms with E-state index in [4.69, 9.17) is 9.41 Å². The Bertz CT molecular complexity index is 2450. The number of aliphatic imine (C=N–C) groups is 1. The van der Waals surface area contributed by atoms with E-state index in [0.717, 1.165) is 66.7 Å². The number of nitrogens with one attached hydrogen (secondary N) is 2. The fourth-order valence-corrected chi connectivity index (χ4v) is 6.98. The van der Waals surface area contributed by atoms with Crippen molar-refractivity contribution in [3.8, 4) is 33.4 Å². The monoisotopic (exact) mass is 631 g/mol. The minimum absolute atomic E-state index is 0.178. The molecule has 0 aliphatic carbocycles. The maximum Gasteiger partial charge on any atom is 0.143 e. The lowest BCUT2D eigenvalue weighted by Gasteiger charge is -2.32. The molecule has 234 valence electrons. The summed E-state index contributed by atoms with van der Waals surface area (Å²) in [6, 6.07) is 61.6. The zero-order valence-electron chi connectivity index (χ0n) is 26.8. The van der Waals surface area contributed by atoms with Crippen LogP contribution in [0.5, 0.6) is 0 Å². The van der Waals surface area contributed by atoms with Crippen molar-refractivity contribution >= 4 is 27.8 Å². The van der Waals surface area contributed by atoms with Gasteiger partial charge in [-0.2, -0.15) is 0 Å². The van der Waals surface area contributed by atoms with Crippen LogP contribution in [0, 0.1) is 0 Å². The summed E-state index contributed by atoms with van der Waals surface area (Å²) in [6.45, 7) is 0. The van der Waals surface area contributed by atoms with Gasteiger partial charge in [-0.05, 0) is 57.1 Å². The number of amidine groups is 1. The molecule has 4 heteroatoms. The van der Waals surface area contributed by atoms with Gasteiger partial charge in [0.1, 0.15) is 29.3 Å². The van der Waals surface area contributed by atoms with Crippen LogP contribution in [-0.2, 0) is 0 Å². The molecule has 0 saturated heterocycles. The van der Waals surface area contributed by atoms with Gasteiger partial charge < -0.3 is 9.73 Å². The van der Waals surface area contributed by atoms with Gasteiger partial charge in [-0.1, -0.05) is 158 Å². The fourth-order valence-electron chi connectivity index (χ4n) is 6.98. The van der Waals surface area contributed by atoms with E-state index in [0.29, 0.717) is 0 Å². The predicted octanol–water partition coefficient (Wildman–Crippen LogP) is 10.9. The molecule has 0 bridgehead atoms. The van der Waals surface area contributed by atoms with Crippen LogP contribution in [-0.4, -0.2) is 5.84 Å². The van der Waals surface area contributed by atoms with Crippen molar-refractivity contribution in [3.63, 3.8) is 0 Å². The molecular weight excluding hydrogens is 599 g/mol. The third kappa shape index (κ3) is 5.48. The van der Waals surface area contributed by atoms with Crippen LogP contribution in [0.3, 0.4) is 0 Å². The second-order valence-corrected chi connectivity index (χ2v) is 12.4. The smallest absolute Gasteiger partial charge is 0.143 e. The third-order valence-corrected chi connectivity index (χ3v) is 9.36. The fraction of sp³-hybridized carbons (Fsp3) is 0.0444. The zero-order chi connectivity index (χ0) is 32.6. The summed E-state index contributed by atoms with van der Waals surface area (Å²) in [6.07, 6.45) is -0.422. The Morgan fingerprint density at radius 2 is 1.06 bits per heavy atom. The average molecular weight is 632 g/mol. The van der Waals surface area contributed by atoms with Crippen LogP contribution < -0.4 is 10.6 Å². The Labute approximate surface area is 285 Å². The summed E-state index contributed by atoms with van der Waals surface area (Å²) >= 11 is 0. The molecule has 0 amide bonds. The van der Waals surface area contributed by atoms with E-state index in [2.05, 4.69) is 168 Å². The van der Waals surface area contributed by atoms with Gasteiger partial charge in [0.2, 0.25) is 0 Å². The Morgan fingerprint density at radius 1 is 0.469 bits per heavy atom. The van der Waals surface area contributed by atoms with E-state index >= 15 is 0 Å². The van der Waals surface area contributed by atoms with Gasteiger partial charge >= 0.3 is 0 Å². The minimum atomic E-state index is -0.244. The highest BCUT2D eigenvalue weighted by molar-refractivity contribution is 6.15. The molecule has 1 aliphatic heterocycles. The van der Waals surface area contributed by atoms with Crippen molar-refractivity contribution in [1.82, 2.24) is 10.6 Å². The Morgan fingerprint density at radius 3 is 1.84 bits per heavy atom. The maximum absolute atomic E-state index is 6.57. The first kappa shape index (κ1) is 29.0. The highest BCUT2D eigenvalue weighted by Crippen LogP contribution is 2.41. The van der Waals surface area contributed by atoms with Gasteiger partial charge in [0, 0.05) is 21.9 Å². The summed E-state index contributed by atoms with van der Waals surface area (Å²) < 4.78 is 6.57. The van der Waals surface area contributed by atoms with E-state index in [-0.39, 0.29) is 12.3 Å². The Hall–Kier alpha value is -6.23. The third-order valence-electron chi connectivity index (χ3n) is 9.36. The van der Waals surface area contributed by atoms with Gasteiger partial charge in [-0.25, -0.2) is 4.99 Å². The lowest BCUT2D eigenvalue weighted by atomic mass is 9.95. The van der Waals surface area contributed by atoms with Gasteiger partial charge in [0.25, 0.3) is 0 Å². The number of hydrogen-bond donors (Lipinski definition) is 2. The first-order valence-electron chi connectivity index (χ1n) is 16.7. The molecule has 2 heterocycles. The molecule has 0 saturated carbocycles. The van der Waals surface area contributed by atoms with Crippen molar-refractivity contribution < 1.29 is 4.42 Å². The van der Waals surface area contributed by atoms with Crippen molar-refractivity contribution in [1.29, 1.82) is 0 Å². The molecule has 4 nitrogen and oxygen atoms in total. The normalized spacial score (nSPS) is 16.0. The second kappa shape index (κ2) is 12.4. The second-order valence-electron chi connectivity index (χ2n) is 12.4. The van der Waals surface area contributed by atoms with E-state index in [1.807, 2.05) is 18.2 Å². The quantitative estimate of drug-likeness (QED) is 0.192. The highest BCUT2D eigenvalue weighted by atomic mass is 16.3. The molecule has 49 heavy (non-hydrogen) atoms. The van der Waals surface area contributed by atoms with E-state index < -0.39 is 0 Å². The standard InChI is InChI=1S/C45H33N3O/c1-4-14-30(15-5-1)33-20-10-22-35(28-33)44-46-43(32-18-8-3-9-19-32)47-45(48-44)36-23-11-21-34(29-36)37-24-13-27-40-41(37)39-26-12-25-38(42(39)49-40)31-16-6-2-7-17-31/h1-29,44-45,48H,(H,46,47). The van der Waals surface area contributed by atoms with Gasteiger partial charge in [-0.15, -0.1) is 0 Å². The Kier molecular flexibility index (Phi) is 7.34. The zero-order valence-corrected chi connectivity index (χ0v) is 26.8. The number of benzene rings is 7. The van der Waals surface area contributed by atoms with Gasteiger partial charge in [0.05, 0.1) is 0 Å². The molecule has 2 N–H and O–H groups in total. The summed E-state index contributed by atoms with van der Waals surface area (Å²) in [7, 11) is 0. The van der Waals surface area contributed by atoms with E-state index in [1.54, 1.807) is 0 Å².